The van der Waals surface area contributed by atoms with Crippen LogP contribution in [0, 0.1) is 12.3 Å². The highest BCUT2D eigenvalue weighted by molar-refractivity contribution is 5.69. The first-order chi connectivity index (χ1) is 8.75. The third-order valence-electron chi connectivity index (χ3n) is 3.13. The number of nitrogen functional groups attached to an aromatic ring is 1. The van der Waals surface area contributed by atoms with Crippen LogP contribution < -0.4 is 5.73 Å². The van der Waals surface area contributed by atoms with Gasteiger partial charge in [-0.3, -0.25) is 0 Å². The van der Waals surface area contributed by atoms with Gasteiger partial charge in [-0.15, -0.1) is 6.42 Å². The molecular formula is C18H23N. The van der Waals surface area contributed by atoms with Crippen LogP contribution in [0.3, 0.4) is 0 Å². The third kappa shape index (κ3) is 4.03. The van der Waals surface area contributed by atoms with E-state index < -0.39 is 0 Å². The fourth-order valence-corrected chi connectivity index (χ4v) is 1.85. The lowest BCUT2D eigenvalue weighted by Gasteiger charge is -2.22. The molecule has 0 unspecified atom stereocenters. The smallest absolute Gasteiger partial charge is 0.0352 e. The predicted molar refractivity (Wildman–Crippen MR) is 85.8 cm³/mol. The molecule has 100 valence electrons. The van der Waals surface area contributed by atoms with Gasteiger partial charge in [-0.1, -0.05) is 44.9 Å². The lowest BCUT2D eigenvalue weighted by molar-refractivity contribution is 0.592. The van der Waals surface area contributed by atoms with Gasteiger partial charge in [-0.05, 0) is 53.7 Å². The molecule has 0 aliphatic heterocycles. The van der Waals surface area contributed by atoms with Crippen LogP contribution in [-0.2, 0) is 5.41 Å². The normalized spacial score (nSPS) is 13.3. The molecule has 1 aromatic rings. The molecule has 0 saturated heterocycles. The van der Waals surface area contributed by atoms with E-state index in [9.17, 15) is 0 Å². The molecule has 1 aromatic carbocycles. The molecule has 0 fully saturated rings. The highest BCUT2D eigenvalue weighted by Crippen LogP contribution is 2.30. The maximum absolute atomic E-state index is 6.06. The Labute approximate surface area is 117 Å². The first kappa shape index (κ1) is 15.1. The molecule has 0 saturated carbocycles. The second-order valence-electron chi connectivity index (χ2n) is 5.90. The summed E-state index contributed by atoms with van der Waals surface area (Å²) in [4.78, 5) is 0. The molecule has 19 heavy (non-hydrogen) atoms. The molecule has 0 amide bonds. The van der Waals surface area contributed by atoms with Gasteiger partial charge in [-0.2, -0.15) is 0 Å². The summed E-state index contributed by atoms with van der Waals surface area (Å²) in [6.07, 6.45) is 9.34. The van der Waals surface area contributed by atoms with Gasteiger partial charge in [0.15, 0.2) is 0 Å². The van der Waals surface area contributed by atoms with Gasteiger partial charge in [0.2, 0.25) is 0 Å². The van der Waals surface area contributed by atoms with Crippen LogP contribution in [0.1, 0.15) is 45.7 Å². The monoisotopic (exact) mass is 253 g/mol. The minimum atomic E-state index is 0.0466. The summed E-state index contributed by atoms with van der Waals surface area (Å²) in [6, 6.07) is 6.20. The molecule has 0 aromatic heterocycles. The Morgan fingerprint density at radius 3 is 2.37 bits per heavy atom. The quantitative estimate of drug-likeness (QED) is 0.467. The number of terminal acetylenes is 1. The largest absolute Gasteiger partial charge is 0.398 e. The first-order valence-corrected chi connectivity index (χ1v) is 6.48. The Balaban J connectivity index is 3.21. The van der Waals surface area contributed by atoms with Gasteiger partial charge >= 0.3 is 0 Å². The van der Waals surface area contributed by atoms with E-state index in [4.69, 9.17) is 12.2 Å². The highest BCUT2D eigenvalue weighted by Gasteiger charge is 2.17. The summed E-state index contributed by atoms with van der Waals surface area (Å²) in [5, 5.41) is 0. The average Bonchev–Trinajstić information content (AvgIpc) is 2.34. The Bertz CT molecular complexity index is 560. The van der Waals surface area contributed by atoms with E-state index in [0.717, 1.165) is 11.3 Å². The van der Waals surface area contributed by atoms with Crippen LogP contribution in [0.5, 0.6) is 0 Å². The standard InChI is InChI=1S/C18H23N/c1-7-13(2)8-9-14(3)15-10-11-17(19)16(12-15)18(4,5)6/h1,8-12H,19H2,2-6H3/b13-8-,14-9+. The lowest BCUT2D eigenvalue weighted by Crippen LogP contribution is -2.14. The third-order valence-corrected chi connectivity index (χ3v) is 3.13. The summed E-state index contributed by atoms with van der Waals surface area (Å²) < 4.78 is 0. The fourth-order valence-electron chi connectivity index (χ4n) is 1.85. The second-order valence-corrected chi connectivity index (χ2v) is 5.90. The molecule has 0 heterocycles. The maximum atomic E-state index is 6.06. The topological polar surface area (TPSA) is 26.0 Å². The van der Waals surface area contributed by atoms with Crippen molar-refractivity contribution in [1.29, 1.82) is 0 Å². The molecule has 0 aliphatic carbocycles. The van der Waals surface area contributed by atoms with Crippen molar-refractivity contribution in [2.24, 2.45) is 0 Å². The van der Waals surface area contributed by atoms with Crippen molar-refractivity contribution in [3.05, 3.63) is 47.1 Å². The highest BCUT2D eigenvalue weighted by atomic mass is 14.6. The van der Waals surface area contributed by atoms with E-state index in [1.54, 1.807) is 0 Å². The molecule has 0 aliphatic rings. The van der Waals surface area contributed by atoms with Gasteiger partial charge in [0.05, 0.1) is 0 Å². The van der Waals surface area contributed by atoms with Crippen LogP contribution in [0.4, 0.5) is 5.69 Å². The van der Waals surface area contributed by atoms with E-state index in [-0.39, 0.29) is 5.41 Å². The molecule has 1 heteroatoms. The van der Waals surface area contributed by atoms with E-state index >= 15 is 0 Å². The number of benzene rings is 1. The Morgan fingerprint density at radius 1 is 1.21 bits per heavy atom. The van der Waals surface area contributed by atoms with Crippen LogP contribution in [0.15, 0.2) is 35.9 Å². The minimum absolute atomic E-state index is 0.0466. The summed E-state index contributed by atoms with van der Waals surface area (Å²) in [7, 11) is 0. The number of hydrogen-bond acceptors (Lipinski definition) is 1. The van der Waals surface area contributed by atoms with Gasteiger partial charge in [0.25, 0.3) is 0 Å². The number of nitrogens with two attached hydrogens (primary N) is 1. The van der Waals surface area contributed by atoms with Crippen molar-refractivity contribution >= 4 is 11.3 Å². The first-order valence-electron chi connectivity index (χ1n) is 6.48. The molecule has 0 atom stereocenters. The van der Waals surface area contributed by atoms with E-state index in [1.165, 1.54) is 16.7 Å². The fraction of sp³-hybridized carbons (Fsp3) is 0.333. The molecular weight excluding hydrogens is 230 g/mol. The van der Waals surface area contributed by atoms with Crippen LogP contribution in [0.2, 0.25) is 0 Å². The van der Waals surface area contributed by atoms with Crippen LogP contribution in [-0.4, -0.2) is 0 Å². The molecule has 0 bridgehead atoms. The number of hydrogen-bond donors (Lipinski definition) is 1. The summed E-state index contributed by atoms with van der Waals surface area (Å²) in [5.41, 5.74) is 11.4. The van der Waals surface area contributed by atoms with Crippen molar-refractivity contribution in [3.8, 4) is 12.3 Å². The van der Waals surface area contributed by atoms with E-state index in [0.29, 0.717) is 0 Å². The van der Waals surface area contributed by atoms with Crippen molar-refractivity contribution in [2.45, 2.75) is 40.0 Å². The van der Waals surface area contributed by atoms with Gasteiger partial charge in [0, 0.05) is 5.69 Å². The second kappa shape index (κ2) is 5.80. The van der Waals surface area contributed by atoms with Crippen LogP contribution >= 0.6 is 0 Å². The van der Waals surface area contributed by atoms with Crippen molar-refractivity contribution in [1.82, 2.24) is 0 Å². The van der Waals surface area contributed by atoms with E-state index in [1.807, 2.05) is 25.1 Å². The summed E-state index contributed by atoms with van der Waals surface area (Å²) >= 11 is 0. The maximum Gasteiger partial charge on any atom is 0.0352 e. The molecule has 1 nitrogen and oxygen atoms in total. The Morgan fingerprint density at radius 2 is 1.84 bits per heavy atom. The SMILES string of the molecule is C#C/C(C)=C\C=C(/C)c1ccc(N)c(C(C)(C)C)c1. The van der Waals surface area contributed by atoms with Gasteiger partial charge in [0.1, 0.15) is 0 Å². The number of allylic oxidation sites excluding steroid dienone is 4. The van der Waals surface area contributed by atoms with Crippen LogP contribution in [0.25, 0.3) is 5.57 Å². The predicted octanol–water partition coefficient (Wildman–Crippen LogP) is 4.55. The molecule has 2 N–H and O–H groups in total. The minimum Gasteiger partial charge on any atom is -0.398 e. The van der Waals surface area contributed by atoms with Crippen molar-refractivity contribution < 1.29 is 0 Å². The molecule has 0 radical (unpaired) electrons. The molecule has 1 rings (SSSR count). The Kier molecular flexibility index (Phi) is 4.62. The zero-order valence-corrected chi connectivity index (χ0v) is 12.5. The lowest BCUT2D eigenvalue weighted by atomic mass is 9.84. The summed E-state index contributed by atoms with van der Waals surface area (Å²) in [6.45, 7) is 10.5. The van der Waals surface area contributed by atoms with Crippen molar-refractivity contribution in [2.75, 3.05) is 5.73 Å². The van der Waals surface area contributed by atoms with E-state index in [2.05, 4.69) is 45.7 Å². The number of anilines is 1. The zero-order chi connectivity index (χ0) is 14.6. The Hall–Kier alpha value is -1.94. The average molecular weight is 253 g/mol. The van der Waals surface area contributed by atoms with Gasteiger partial charge in [-0.25, -0.2) is 0 Å². The zero-order valence-electron chi connectivity index (χ0n) is 12.5. The molecule has 0 spiro atoms. The summed E-state index contributed by atoms with van der Waals surface area (Å²) in [5.74, 6) is 2.61. The number of rotatable bonds is 2. The van der Waals surface area contributed by atoms with Crippen molar-refractivity contribution in [3.63, 3.8) is 0 Å². The van der Waals surface area contributed by atoms with Gasteiger partial charge < -0.3 is 5.73 Å².